The fourth-order valence-corrected chi connectivity index (χ4v) is 1.92. The second kappa shape index (κ2) is 4.84. The lowest BCUT2D eigenvalue weighted by molar-refractivity contribution is 0.0964. The lowest BCUT2D eigenvalue weighted by Crippen LogP contribution is -2.45. The highest BCUT2D eigenvalue weighted by molar-refractivity contribution is 5.78. The molecule has 1 aliphatic carbocycles. The first-order valence-electron chi connectivity index (χ1n) is 5.56. The van der Waals surface area contributed by atoms with Crippen molar-refractivity contribution in [1.82, 2.24) is 5.32 Å². The summed E-state index contributed by atoms with van der Waals surface area (Å²) in [5.74, 6) is 0.524. The Morgan fingerprint density at radius 1 is 1.40 bits per heavy atom. The van der Waals surface area contributed by atoms with Crippen LogP contribution < -0.4 is 11.1 Å². The number of nitrogens with one attached hydrogen (secondary N) is 1. The Hall–Kier alpha value is -0.770. The fraction of sp³-hybridized carbons (Fsp3) is 0.909. The van der Waals surface area contributed by atoms with Crippen LogP contribution in [-0.2, 0) is 4.74 Å². The third kappa shape index (κ3) is 4.08. The Morgan fingerprint density at radius 2 is 2.07 bits per heavy atom. The van der Waals surface area contributed by atoms with Crippen LogP contribution in [0.2, 0.25) is 0 Å². The molecule has 1 aliphatic rings. The van der Waals surface area contributed by atoms with E-state index in [0.717, 1.165) is 12.8 Å². The van der Waals surface area contributed by atoms with Gasteiger partial charge in [0, 0.05) is 12.6 Å². The lowest BCUT2D eigenvalue weighted by atomic mass is 10.1. The standard InChI is InChI=1S/C11H23N3O/c1-11(2,3)14-10(12)13-8-6-5-7-9(8)15-4/h8-9H,5-7H2,1-4H3,(H3,12,13,14). The van der Waals surface area contributed by atoms with Gasteiger partial charge in [-0.05, 0) is 40.0 Å². The molecule has 0 bridgehead atoms. The third-order valence-electron chi connectivity index (χ3n) is 2.53. The summed E-state index contributed by atoms with van der Waals surface area (Å²) in [6.45, 7) is 6.20. The highest BCUT2D eigenvalue weighted by Crippen LogP contribution is 2.24. The largest absolute Gasteiger partial charge is 0.379 e. The molecule has 1 rings (SSSR count). The van der Waals surface area contributed by atoms with Crippen LogP contribution in [0.5, 0.6) is 0 Å². The van der Waals surface area contributed by atoms with E-state index < -0.39 is 0 Å². The SMILES string of the molecule is COC1CCCC1N=C(N)NC(C)(C)C. The van der Waals surface area contributed by atoms with E-state index in [2.05, 4.69) is 31.1 Å². The molecular formula is C11H23N3O. The van der Waals surface area contributed by atoms with E-state index in [4.69, 9.17) is 10.5 Å². The first-order chi connectivity index (χ1) is 6.92. The van der Waals surface area contributed by atoms with Gasteiger partial charge in [0.1, 0.15) is 0 Å². The fourth-order valence-electron chi connectivity index (χ4n) is 1.92. The van der Waals surface area contributed by atoms with E-state index in [1.165, 1.54) is 6.42 Å². The van der Waals surface area contributed by atoms with Crippen molar-refractivity contribution in [1.29, 1.82) is 0 Å². The number of hydrogen-bond donors (Lipinski definition) is 2. The van der Waals surface area contributed by atoms with Crippen LogP contribution in [-0.4, -0.2) is 30.8 Å². The van der Waals surface area contributed by atoms with Crippen molar-refractivity contribution in [3.8, 4) is 0 Å². The molecular weight excluding hydrogens is 190 g/mol. The van der Waals surface area contributed by atoms with Crippen LogP contribution in [0.3, 0.4) is 0 Å². The molecule has 1 fully saturated rings. The summed E-state index contributed by atoms with van der Waals surface area (Å²) in [5.41, 5.74) is 5.81. The maximum atomic E-state index is 5.84. The normalized spacial score (nSPS) is 28.1. The molecule has 0 amide bonds. The molecule has 2 atom stereocenters. The summed E-state index contributed by atoms with van der Waals surface area (Å²) in [7, 11) is 1.74. The molecule has 0 heterocycles. The average molecular weight is 213 g/mol. The number of hydrogen-bond acceptors (Lipinski definition) is 2. The Labute approximate surface area is 92.3 Å². The number of rotatable bonds is 2. The van der Waals surface area contributed by atoms with E-state index in [-0.39, 0.29) is 17.7 Å². The number of nitrogens with two attached hydrogens (primary N) is 1. The van der Waals surface area contributed by atoms with Crippen molar-refractivity contribution in [3.05, 3.63) is 0 Å². The topological polar surface area (TPSA) is 59.6 Å². The number of ether oxygens (including phenoxy) is 1. The van der Waals surface area contributed by atoms with Crippen LogP contribution in [0.4, 0.5) is 0 Å². The molecule has 88 valence electrons. The zero-order chi connectivity index (χ0) is 11.5. The molecule has 2 unspecified atom stereocenters. The van der Waals surface area contributed by atoms with Crippen molar-refractivity contribution in [3.63, 3.8) is 0 Å². The first-order valence-corrected chi connectivity index (χ1v) is 5.56. The Kier molecular flexibility index (Phi) is 3.97. The molecule has 0 spiro atoms. The second-order valence-corrected chi connectivity index (χ2v) is 5.16. The zero-order valence-electron chi connectivity index (χ0n) is 10.2. The Balaban J connectivity index is 2.54. The van der Waals surface area contributed by atoms with E-state index in [9.17, 15) is 0 Å². The van der Waals surface area contributed by atoms with E-state index >= 15 is 0 Å². The molecule has 0 aromatic heterocycles. The molecule has 0 aromatic carbocycles. The predicted molar refractivity (Wildman–Crippen MR) is 62.9 cm³/mol. The summed E-state index contributed by atoms with van der Waals surface area (Å²) in [5, 5.41) is 3.16. The number of methoxy groups -OCH3 is 1. The second-order valence-electron chi connectivity index (χ2n) is 5.16. The van der Waals surface area contributed by atoms with Gasteiger partial charge in [0.15, 0.2) is 5.96 Å². The van der Waals surface area contributed by atoms with Crippen LogP contribution in [0, 0.1) is 0 Å². The molecule has 0 radical (unpaired) electrons. The maximum absolute atomic E-state index is 5.84. The Bertz CT molecular complexity index is 232. The average Bonchev–Trinajstić information content (AvgIpc) is 2.48. The summed E-state index contributed by atoms with van der Waals surface area (Å²) in [6.07, 6.45) is 3.58. The van der Waals surface area contributed by atoms with Gasteiger partial charge in [-0.15, -0.1) is 0 Å². The van der Waals surface area contributed by atoms with Crippen molar-refractivity contribution >= 4 is 5.96 Å². The predicted octanol–water partition coefficient (Wildman–Crippen LogP) is 1.26. The highest BCUT2D eigenvalue weighted by atomic mass is 16.5. The smallest absolute Gasteiger partial charge is 0.189 e. The van der Waals surface area contributed by atoms with Gasteiger partial charge < -0.3 is 15.8 Å². The van der Waals surface area contributed by atoms with Crippen molar-refractivity contribution < 1.29 is 4.74 Å². The van der Waals surface area contributed by atoms with Crippen LogP contribution in [0.15, 0.2) is 4.99 Å². The molecule has 0 aromatic rings. The summed E-state index contributed by atoms with van der Waals surface area (Å²) in [6, 6.07) is 0.227. The van der Waals surface area contributed by atoms with Crippen molar-refractivity contribution in [2.24, 2.45) is 10.7 Å². The van der Waals surface area contributed by atoms with Gasteiger partial charge in [-0.1, -0.05) is 0 Å². The minimum Gasteiger partial charge on any atom is -0.379 e. The van der Waals surface area contributed by atoms with Gasteiger partial charge in [0.25, 0.3) is 0 Å². The molecule has 4 heteroatoms. The van der Waals surface area contributed by atoms with E-state index in [1.807, 2.05) is 0 Å². The highest BCUT2D eigenvalue weighted by Gasteiger charge is 2.27. The lowest BCUT2D eigenvalue weighted by Gasteiger charge is -2.22. The monoisotopic (exact) mass is 213 g/mol. The van der Waals surface area contributed by atoms with Crippen LogP contribution in [0.1, 0.15) is 40.0 Å². The number of nitrogens with zero attached hydrogens (tertiary/aromatic N) is 1. The van der Waals surface area contributed by atoms with E-state index in [1.54, 1.807) is 7.11 Å². The zero-order valence-corrected chi connectivity index (χ0v) is 10.2. The molecule has 15 heavy (non-hydrogen) atoms. The van der Waals surface area contributed by atoms with Crippen LogP contribution in [0.25, 0.3) is 0 Å². The van der Waals surface area contributed by atoms with Gasteiger partial charge in [0.05, 0.1) is 12.1 Å². The first kappa shape index (κ1) is 12.3. The molecule has 4 nitrogen and oxygen atoms in total. The third-order valence-corrected chi connectivity index (χ3v) is 2.53. The Morgan fingerprint density at radius 3 is 2.60 bits per heavy atom. The van der Waals surface area contributed by atoms with Crippen molar-refractivity contribution in [2.75, 3.05) is 7.11 Å². The van der Waals surface area contributed by atoms with Gasteiger partial charge in [0.2, 0.25) is 0 Å². The van der Waals surface area contributed by atoms with Gasteiger partial charge in [-0.25, -0.2) is 4.99 Å². The van der Waals surface area contributed by atoms with Gasteiger partial charge in [-0.2, -0.15) is 0 Å². The van der Waals surface area contributed by atoms with Gasteiger partial charge in [-0.3, -0.25) is 0 Å². The molecule has 1 saturated carbocycles. The minimum atomic E-state index is -0.0330. The molecule has 3 N–H and O–H groups in total. The summed E-state index contributed by atoms with van der Waals surface area (Å²) in [4.78, 5) is 4.47. The number of aliphatic imine (C=N–C) groups is 1. The molecule has 0 saturated heterocycles. The van der Waals surface area contributed by atoms with Crippen molar-refractivity contribution in [2.45, 2.75) is 57.7 Å². The van der Waals surface area contributed by atoms with Crippen LogP contribution >= 0.6 is 0 Å². The minimum absolute atomic E-state index is 0.0330. The molecule has 0 aliphatic heterocycles. The maximum Gasteiger partial charge on any atom is 0.189 e. The van der Waals surface area contributed by atoms with Gasteiger partial charge >= 0.3 is 0 Å². The summed E-state index contributed by atoms with van der Waals surface area (Å²) >= 11 is 0. The summed E-state index contributed by atoms with van der Waals surface area (Å²) < 4.78 is 5.36. The number of guanidine groups is 1. The quantitative estimate of drug-likeness (QED) is 0.536. The van der Waals surface area contributed by atoms with E-state index in [0.29, 0.717) is 5.96 Å².